The third-order valence-corrected chi connectivity index (χ3v) is 10.7. The van der Waals surface area contributed by atoms with Gasteiger partial charge in [-0.1, -0.05) is 104 Å². The second-order valence-electron chi connectivity index (χ2n) is 12.2. The molecule has 0 bridgehead atoms. The lowest BCUT2D eigenvalue weighted by Gasteiger charge is -2.27. The number of aromatic nitrogens is 1. The van der Waals surface area contributed by atoms with E-state index in [1.54, 1.807) is 6.21 Å². The van der Waals surface area contributed by atoms with Gasteiger partial charge < -0.3 is 14.9 Å². The molecule has 3 nitrogen and oxygen atoms in total. The van der Waals surface area contributed by atoms with Crippen LogP contribution in [0.2, 0.25) is 0 Å². The molecule has 6 aromatic carbocycles. The topological polar surface area (TPSA) is 32.0 Å². The first-order valence-corrected chi connectivity index (χ1v) is 17.0. The van der Waals surface area contributed by atoms with E-state index in [1.807, 2.05) is 11.3 Å². The van der Waals surface area contributed by atoms with Gasteiger partial charge in [-0.25, -0.2) is 0 Å². The van der Waals surface area contributed by atoms with Crippen LogP contribution in [0.1, 0.15) is 22.6 Å². The molecule has 1 N–H and O–H groups in total. The first-order chi connectivity index (χ1) is 23.7. The van der Waals surface area contributed by atoms with E-state index < -0.39 is 0 Å². The maximum Gasteiger partial charge on any atom is 0.0562 e. The molecule has 1 aliphatic heterocycles. The molecular weight excluding hydrogens is 603 g/mol. The maximum atomic E-state index is 8.64. The van der Waals surface area contributed by atoms with Crippen LogP contribution in [0.5, 0.6) is 0 Å². The van der Waals surface area contributed by atoms with Crippen LogP contribution >= 0.6 is 11.3 Å². The molecule has 3 heterocycles. The van der Waals surface area contributed by atoms with Crippen molar-refractivity contribution in [1.29, 1.82) is 5.41 Å². The Morgan fingerprint density at radius 2 is 1.40 bits per heavy atom. The van der Waals surface area contributed by atoms with Crippen LogP contribution in [-0.4, -0.2) is 10.8 Å². The van der Waals surface area contributed by atoms with Crippen molar-refractivity contribution in [3.8, 4) is 5.69 Å². The Morgan fingerprint density at radius 3 is 2.27 bits per heavy atom. The van der Waals surface area contributed by atoms with E-state index in [0.29, 0.717) is 0 Å². The molecule has 4 heteroatoms. The minimum absolute atomic E-state index is 0.183. The van der Waals surface area contributed by atoms with Gasteiger partial charge in [-0.05, 0) is 71.3 Å². The van der Waals surface area contributed by atoms with Crippen molar-refractivity contribution in [2.75, 3.05) is 4.90 Å². The van der Waals surface area contributed by atoms with Crippen molar-refractivity contribution in [2.45, 2.75) is 5.92 Å². The van der Waals surface area contributed by atoms with Crippen molar-refractivity contribution in [1.82, 2.24) is 4.57 Å². The first kappa shape index (κ1) is 28.3. The third-order valence-electron chi connectivity index (χ3n) is 9.50. The highest BCUT2D eigenvalue weighted by Gasteiger charge is 2.22. The summed E-state index contributed by atoms with van der Waals surface area (Å²) < 4.78 is 4.87. The fourth-order valence-electron chi connectivity index (χ4n) is 7.27. The maximum absolute atomic E-state index is 8.64. The van der Waals surface area contributed by atoms with E-state index >= 15 is 0 Å². The zero-order valence-corrected chi connectivity index (χ0v) is 27.0. The van der Waals surface area contributed by atoms with Crippen LogP contribution in [0.4, 0.5) is 11.4 Å². The summed E-state index contributed by atoms with van der Waals surface area (Å²) in [5, 5.41) is 13.6. The molecule has 2 aromatic heterocycles. The lowest BCUT2D eigenvalue weighted by molar-refractivity contribution is 1.10. The van der Waals surface area contributed by atoms with Gasteiger partial charge in [0.15, 0.2) is 0 Å². The SMILES string of the molecule is C=C1/C=C\C=C/N(c2cccc(C(C=N)c3cccc4c3sc3ccccc34)c2)c2cc3c(cc21)c1ccccc1n3-c1ccccc1. The first-order valence-electron chi connectivity index (χ1n) is 16.2. The molecule has 1 aliphatic rings. The normalized spacial score (nSPS) is 15.0. The predicted molar refractivity (Wildman–Crippen MR) is 207 cm³/mol. The zero-order chi connectivity index (χ0) is 32.2. The fraction of sp³-hybridized carbons (Fsp3) is 0.0227. The Kier molecular flexibility index (Phi) is 6.70. The van der Waals surface area contributed by atoms with Gasteiger partial charge >= 0.3 is 0 Å². The number of para-hydroxylation sites is 2. The lowest BCUT2D eigenvalue weighted by Crippen LogP contribution is -2.13. The molecule has 0 fully saturated rings. The summed E-state index contributed by atoms with van der Waals surface area (Å²) >= 11 is 1.81. The number of benzene rings is 6. The van der Waals surface area contributed by atoms with Crippen molar-refractivity contribution in [2.24, 2.45) is 0 Å². The number of allylic oxidation sites excluding steroid dienone is 4. The van der Waals surface area contributed by atoms with Gasteiger partial charge in [0.05, 0.1) is 16.7 Å². The third kappa shape index (κ3) is 4.45. The molecule has 1 atom stereocenters. The lowest BCUT2D eigenvalue weighted by atomic mass is 9.90. The van der Waals surface area contributed by atoms with Crippen LogP contribution in [0, 0.1) is 5.41 Å². The largest absolute Gasteiger partial charge is 0.316 e. The number of anilines is 2. The summed E-state index contributed by atoms with van der Waals surface area (Å²) in [6, 6.07) is 47.6. The predicted octanol–water partition coefficient (Wildman–Crippen LogP) is 12.2. The summed E-state index contributed by atoms with van der Waals surface area (Å²) in [4.78, 5) is 2.26. The van der Waals surface area contributed by atoms with E-state index in [1.165, 1.54) is 36.5 Å². The number of hydrogen-bond donors (Lipinski definition) is 1. The Balaban J connectivity index is 1.23. The van der Waals surface area contributed by atoms with E-state index in [2.05, 4.69) is 174 Å². The average Bonchev–Trinajstić information content (AvgIpc) is 3.67. The van der Waals surface area contributed by atoms with Crippen LogP contribution in [0.15, 0.2) is 164 Å². The molecule has 228 valence electrons. The second-order valence-corrected chi connectivity index (χ2v) is 13.3. The summed E-state index contributed by atoms with van der Waals surface area (Å²) in [5.41, 5.74) is 9.82. The highest BCUT2D eigenvalue weighted by Crippen LogP contribution is 2.43. The standard InChI is InChI=1S/C44H31N3S/c1-29-13-9-10-24-46(41-27-42-38(26-37(29)41)33-18-5-7-22-40(33)47(42)31-15-3-2-4-16-31)32-17-11-14-30(25-32)39(28-45)36-21-12-20-35-34-19-6-8-23-43(34)48-44(35)36/h2-28,39,45H,1H2/b13-9-,24-10-,45-28?. The molecular formula is C44H31N3S. The summed E-state index contributed by atoms with van der Waals surface area (Å²) in [5.74, 6) is -0.183. The number of fused-ring (bicyclic) bond motifs is 7. The average molecular weight is 634 g/mol. The van der Waals surface area contributed by atoms with E-state index in [-0.39, 0.29) is 5.92 Å². The van der Waals surface area contributed by atoms with Gasteiger partial charge in [-0.3, -0.25) is 0 Å². The molecule has 0 saturated carbocycles. The number of nitrogens with one attached hydrogen (secondary N) is 1. The van der Waals surface area contributed by atoms with Gasteiger partial charge in [0.2, 0.25) is 0 Å². The highest BCUT2D eigenvalue weighted by molar-refractivity contribution is 7.26. The van der Waals surface area contributed by atoms with Crippen molar-refractivity contribution < 1.29 is 0 Å². The monoisotopic (exact) mass is 633 g/mol. The Bertz CT molecular complexity index is 2620. The van der Waals surface area contributed by atoms with Crippen molar-refractivity contribution in [3.05, 3.63) is 181 Å². The molecule has 0 saturated heterocycles. The van der Waals surface area contributed by atoms with Gasteiger partial charge in [0.1, 0.15) is 0 Å². The van der Waals surface area contributed by atoms with E-state index in [9.17, 15) is 0 Å². The molecule has 48 heavy (non-hydrogen) atoms. The van der Waals surface area contributed by atoms with Gasteiger partial charge in [0.25, 0.3) is 0 Å². The minimum Gasteiger partial charge on any atom is -0.316 e. The minimum atomic E-state index is -0.183. The molecule has 0 spiro atoms. The van der Waals surface area contributed by atoms with Gasteiger partial charge in [-0.15, -0.1) is 11.3 Å². The van der Waals surface area contributed by atoms with Crippen LogP contribution in [0.25, 0.3) is 53.2 Å². The zero-order valence-electron chi connectivity index (χ0n) is 26.2. The quantitative estimate of drug-likeness (QED) is 0.188. The molecule has 0 aliphatic carbocycles. The molecule has 0 radical (unpaired) electrons. The second kappa shape index (κ2) is 11.4. The summed E-state index contributed by atoms with van der Waals surface area (Å²) in [6.45, 7) is 4.50. The smallest absolute Gasteiger partial charge is 0.0562 e. The molecule has 0 amide bonds. The van der Waals surface area contributed by atoms with E-state index in [0.717, 1.165) is 44.8 Å². The van der Waals surface area contributed by atoms with Crippen LogP contribution < -0.4 is 4.90 Å². The Morgan fingerprint density at radius 1 is 0.646 bits per heavy atom. The van der Waals surface area contributed by atoms with Crippen LogP contribution in [0.3, 0.4) is 0 Å². The summed E-state index contributed by atoms with van der Waals surface area (Å²) in [6.07, 6.45) is 9.93. The number of rotatable bonds is 5. The van der Waals surface area contributed by atoms with Gasteiger partial charge in [-0.2, -0.15) is 0 Å². The van der Waals surface area contributed by atoms with Crippen molar-refractivity contribution in [3.63, 3.8) is 0 Å². The van der Waals surface area contributed by atoms with Crippen LogP contribution in [-0.2, 0) is 0 Å². The Hall–Kier alpha value is -5.97. The number of hydrogen-bond acceptors (Lipinski definition) is 3. The number of thiophene rings is 1. The highest BCUT2D eigenvalue weighted by atomic mass is 32.1. The Labute approximate surface area is 283 Å². The van der Waals surface area contributed by atoms with E-state index in [4.69, 9.17) is 5.41 Å². The summed E-state index contributed by atoms with van der Waals surface area (Å²) in [7, 11) is 0. The molecule has 8 aromatic rings. The molecule has 9 rings (SSSR count). The fourth-order valence-corrected chi connectivity index (χ4v) is 8.52. The molecule has 1 unspecified atom stereocenters. The van der Waals surface area contributed by atoms with Gasteiger partial charge in [0, 0.05) is 66.2 Å². The number of nitrogens with zero attached hydrogens (tertiary/aromatic N) is 2. The van der Waals surface area contributed by atoms with Crippen molar-refractivity contribution >= 4 is 76.5 Å².